The number of anilines is 1. The summed E-state index contributed by atoms with van der Waals surface area (Å²) in [6.45, 7) is 1.75. The number of carbonyl (C=O) groups excluding carboxylic acids is 1. The van der Waals surface area contributed by atoms with Gasteiger partial charge in [0.2, 0.25) is 0 Å². The molecule has 0 atom stereocenters. The highest BCUT2D eigenvalue weighted by Gasteiger charge is 2.25. The summed E-state index contributed by atoms with van der Waals surface area (Å²) in [6, 6.07) is 21.9. The van der Waals surface area contributed by atoms with Gasteiger partial charge in [-0.1, -0.05) is 54.6 Å². The molecule has 0 saturated carbocycles. The van der Waals surface area contributed by atoms with Gasteiger partial charge in [0, 0.05) is 26.2 Å². The van der Waals surface area contributed by atoms with Crippen LogP contribution in [-0.2, 0) is 19.6 Å². The molecule has 0 aliphatic carbocycles. The summed E-state index contributed by atoms with van der Waals surface area (Å²) < 4.78 is 11.5. The lowest BCUT2D eigenvalue weighted by molar-refractivity contribution is 0.0735. The van der Waals surface area contributed by atoms with Crippen LogP contribution in [-0.4, -0.2) is 31.5 Å². The van der Waals surface area contributed by atoms with E-state index in [0.717, 1.165) is 17.7 Å². The molecule has 154 valence electrons. The number of hydrogen-bond acceptors (Lipinski definition) is 4. The van der Waals surface area contributed by atoms with Gasteiger partial charge >= 0.3 is 0 Å². The van der Waals surface area contributed by atoms with Gasteiger partial charge < -0.3 is 19.7 Å². The second-order valence-corrected chi connectivity index (χ2v) is 7.32. The van der Waals surface area contributed by atoms with E-state index in [1.54, 1.807) is 13.2 Å². The highest BCUT2D eigenvalue weighted by atomic mass is 16.5. The Bertz CT molecular complexity index is 1030. The first-order chi connectivity index (χ1) is 14.7. The number of methoxy groups -OCH3 is 1. The molecule has 0 radical (unpaired) electrons. The molecular weight excluding hydrogens is 376 g/mol. The molecule has 0 spiro atoms. The molecular formula is C25H26N2O3. The van der Waals surface area contributed by atoms with Crippen LogP contribution in [0.25, 0.3) is 0 Å². The third-order valence-corrected chi connectivity index (χ3v) is 5.46. The topological polar surface area (TPSA) is 50.8 Å². The van der Waals surface area contributed by atoms with Gasteiger partial charge in [-0.2, -0.15) is 0 Å². The number of fused-ring (bicyclic) bond motifs is 1. The van der Waals surface area contributed by atoms with Crippen molar-refractivity contribution < 1.29 is 14.3 Å². The van der Waals surface area contributed by atoms with Gasteiger partial charge in [0.05, 0.1) is 18.4 Å². The van der Waals surface area contributed by atoms with E-state index in [2.05, 4.69) is 23.5 Å². The van der Waals surface area contributed by atoms with Crippen molar-refractivity contribution in [2.24, 2.45) is 0 Å². The van der Waals surface area contributed by atoms with Crippen LogP contribution in [0.1, 0.15) is 27.0 Å². The first-order valence-electron chi connectivity index (χ1n) is 10.1. The van der Waals surface area contributed by atoms with Gasteiger partial charge in [-0.3, -0.25) is 4.79 Å². The molecule has 4 rings (SSSR count). The monoisotopic (exact) mass is 402 g/mol. The largest absolute Gasteiger partial charge is 0.493 e. The van der Waals surface area contributed by atoms with E-state index in [9.17, 15) is 4.79 Å². The minimum atomic E-state index is -0.0123. The van der Waals surface area contributed by atoms with E-state index in [4.69, 9.17) is 9.47 Å². The van der Waals surface area contributed by atoms with Crippen LogP contribution in [0.5, 0.6) is 11.5 Å². The van der Waals surface area contributed by atoms with Gasteiger partial charge in [-0.25, -0.2) is 0 Å². The predicted octanol–water partition coefficient (Wildman–Crippen LogP) is 4.51. The normalized spacial score (nSPS) is 12.8. The fourth-order valence-electron chi connectivity index (χ4n) is 3.79. The van der Waals surface area contributed by atoms with Gasteiger partial charge in [0.1, 0.15) is 6.61 Å². The van der Waals surface area contributed by atoms with Crippen molar-refractivity contribution >= 4 is 11.6 Å². The molecule has 30 heavy (non-hydrogen) atoms. The minimum absolute atomic E-state index is 0.0123. The van der Waals surface area contributed by atoms with Crippen molar-refractivity contribution in [2.75, 3.05) is 26.0 Å². The molecule has 3 aromatic carbocycles. The SMILES string of the molecule is CNc1cc(OCc2ccccc2)c(OC)cc1C(=O)N1CCc2ccccc2C1. The van der Waals surface area contributed by atoms with Crippen LogP contribution < -0.4 is 14.8 Å². The summed E-state index contributed by atoms with van der Waals surface area (Å²) in [7, 11) is 3.40. The summed E-state index contributed by atoms with van der Waals surface area (Å²) in [5, 5.41) is 3.14. The maximum atomic E-state index is 13.3. The number of nitrogens with one attached hydrogen (secondary N) is 1. The van der Waals surface area contributed by atoms with Gasteiger partial charge in [0.15, 0.2) is 11.5 Å². The van der Waals surface area contributed by atoms with E-state index < -0.39 is 0 Å². The smallest absolute Gasteiger partial charge is 0.256 e. The van der Waals surface area contributed by atoms with Crippen molar-refractivity contribution in [1.82, 2.24) is 4.90 Å². The van der Waals surface area contributed by atoms with Crippen LogP contribution in [0.4, 0.5) is 5.69 Å². The third-order valence-electron chi connectivity index (χ3n) is 5.46. The zero-order valence-corrected chi connectivity index (χ0v) is 17.4. The van der Waals surface area contributed by atoms with Crippen molar-refractivity contribution in [2.45, 2.75) is 19.6 Å². The maximum absolute atomic E-state index is 13.3. The van der Waals surface area contributed by atoms with E-state index >= 15 is 0 Å². The lowest BCUT2D eigenvalue weighted by Gasteiger charge is -2.29. The Morgan fingerprint density at radius 3 is 2.47 bits per heavy atom. The molecule has 0 fully saturated rings. The number of benzene rings is 3. The van der Waals surface area contributed by atoms with Crippen LogP contribution >= 0.6 is 0 Å². The lowest BCUT2D eigenvalue weighted by Crippen LogP contribution is -2.36. The fourth-order valence-corrected chi connectivity index (χ4v) is 3.79. The molecule has 1 N–H and O–H groups in total. The molecule has 1 amide bonds. The Morgan fingerprint density at radius 1 is 1.00 bits per heavy atom. The summed E-state index contributed by atoms with van der Waals surface area (Å²) in [5.74, 6) is 1.14. The number of carbonyl (C=O) groups is 1. The van der Waals surface area contributed by atoms with Crippen molar-refractivity contribution in [3.63, 3.8) is 0 Å². The van der Waals surface area contributed by atoms with Gasteiger partial charge in [-0.05, 0) is 29.2 Å². The maximum Gasteiger partial charge on any atom is 0.256 e. The third kappa shape index (κ3) is 4.10. The highest BCUT2D eigenvalue weighted by Crippen LogP contribution is 2.35. The van der Waals surface area contributed by atoms with Crippen molar-refractivity contribution in [3.05, 3.63) is 89.0 Å². The number of nitrogens with zero attached hydrogens (tertiary/aromatic N) is 1. The average molecular weight is 402 g/mol. The summed E-state index contributed by atoms with van der Waals surface area (Å²) >= 11 is 0. The van der Waals surface area contributed by atoms with E-state index in [1.165, 1.54) is 11.1 Å². The van der Waals surface area contributed by atoms with E-state index in [0.29, 0.717) is 36.8 Å². The van der Waals surface area contributed by atoms with Gasteiger partial charge in [-0.15, -0.1) is 0 Å². The molecule has 0 bridgehead atoms. The van der Waals surface area contributed by atoms with Crippen LogP contribution in [0.2, 0.25) is 0 Å². The van der Waals surface area contributed by atoms with Crippen molar-refractivity contribution in [1.29, 1.82) is 0 Å². The summed E-state index contributed by atoms with van der Waals surface area (Å²) in [5.41, 5.74) is 4.90. The van der Waals surface area contributed by atoms with Gasteiger partial charge in [0.25, 0.3) is 5.91 Å². The lowest BCUT2D eigenvalue weighted by atomic mass is 9.99. The molecule has 3 aromatic rings. The molecule has 1 aliphatic rings. The Morgan fingerprint density at radius 2 is 1.73 bits per heavy atom. The van der Waals surface area contributed by atoms with Crippen LogP contribution in [0, 0.1) is 0 Å². The predicted molar refractivity (Wildman–Crippen MR) is 118 cm³/mol. The highest BCUT2D eigenvalue weighted by molar-refractivity contribution is 6.00. The number of hydrogen-bond donors (Lipinski definition) is 1. The van der Waals surface area contributed by atoms with Crippen molar-refractivity contribution in [3.8, 4) is 11.5 Å². The number of rotatable bonds is 6. The van der Waals surface area contributed by atoms with E-state index in [1.807, 2.05) is 54.4 Å². The fraction of sp³-hybridized carbons (Fsp3) is 0.240. The molecule has 0 saturated heterocycles. The Balaban J connectivity index is 1.58. The quantitative estimate of drug-likeness (QED) is 0.659. The molecule has 5 heteroatoms. The zero-order chi connectivity index (χ0) is 20.9. The Kier molecular flexibility index (Phi) is 5.89. The molecule has 0 unspecified atom stereocenters. The number of amides is 1. The number of ether oxygens (including phenoxy) is 2. The Labute approximate surface area is 177 Å². The minimum Gasteiger partial charge on any atom is -0.493 e. The summed E-state index contributed by atoms with van der Waals surface area (Å²) in [6.07, 6.45) is 0.867. The first-order valence-corrected chi connectivity index (χ1v) is 10.1. The molecule has 5 nitrogen and oxygen atoms in total. The summed E-state index contributed by atoms with van der Waals surface area (Å²) in [4.78, 5) is 15.2. The van der Waals surface area contributed by atoms with Crippen LogP contribution in [0.3, 0.4) is 0 Å². The molecule has 0 aromatic heterocycles. The zero-order valence-electron chi connectivity index (χ0n) is 17.4. The van der Waals surface area contributed by atoms with Crippen LogP contribution in [0.15, 0.2) is 66.7 Å². The second kappa shape index (κ2) is 8.91. The second-order valence-electron chi connectivity index (χ2n) is 7.32. The molecule has 1 aliphatic heterocycles. The van der Waals surface area contributed by atoms with E-state index in [-0.39, 0.29) is 5.91 Å². The first kappa shape index (κ1) is 19.8. The standard InChI is InChI=1S/C25H26N2O3/c1-26-22-15-24(30-17-18-8-4-3-5-9-18)23(29-2)14-21(22)25(28)27-13-12-19-10-6-7-11-20(19)16-27/h3-11,14-15,26H,12-13,16-17H2,1-2H3. The average Bonchev–Trinajstić information content (AvgIpc) is 2.82. The molecule has 1 heterocycles. The Hall–Kier alpha value is -3.47.